The lowest BCUT2D eigenvalue weighted by atomic mass is 10.3. The van der Waals surface area contributed by atoms with E-state index < -0.39 is 0 Å². The summed E-state index contributed by atoms with van der Waals surface area (Å²) < 4.78 is 6.88. The number of oxazole rings is 1. The second kappa shape index (κ2) is 7.64. The van der Waals surface area contributed by atoms with Crippen LogP contribution < -0.4 is 5.32 Å². The number of nitrogens with one attached hydrogen (secondary N) is 1. The molecule has 1 aliphatic heterocycles. The number of nitrogens with zero attached hydrogens (tertiary/aromatic N) is 7. The molecule has 3 aromatic rings. The Morgan fingerprint density at radius 3 is 2.78 bits per heavy atom. The molecule has 0 unspecified atom stereocenters. The summed E-state index contributed by atoms with van der Waals surface area (Å²) in [4.78, 5) is 29.7. The van der Waals surface area contributed by atoms with Crippen molar-refractivity contribution in [2.24, 2.45) is 0 Å². The Balaban J connectivity index is 1.53. The quantitative estimate of drug-likeness (QED) is 0.694. The number of hydrogen-bond acceptors (Lipinski definition) is 8. The highest BCUT2D eigenvalue weighted by atomic mass is 16.3. The predicted octanol–water partition coefficient (Wildman–Crippen LogP) is 0.503. The maximum atomic E-state index is 12.5. The Morgan fingerprint density at radius 2 is 2.07 bits per heavy atom. The van der Waals surface area contributed by atoms with Gasteiger partial charge in [0.2, 0.25) is 11.7 Å². The van der Waals surface area contributed by atoms with Crippen molar-refractivity contribution in [1.29, 1.82) is 0 Å². The SMILES string of the molecule is CN1CCN(CC(=O)Nc2cc(-n3cccn3)nc(-c3ncco3)n2)CC1. The van der Waals surface area contributed by atoms with Gasteiger partial charge in [-0.15, -0.1) is 0 Å². The van der Waals surface area contributed by atoms with Gasteiger partial charge in [0, 0.05) is 44.6 Å². The average molecular weight is 368 g/mol. The van der Waals surface area contributed by atoms with Crippen molar-refractivity contribution in [3.05, 3.63) is 37.0 Å². The van der Waals surface area contributed by atoms with E-state index in [9.17, 15) is 4.79 Å². The summed E-state index contributed by atoms with van der Waals surface area (Å²) in [5, 5.41) is 7.03. The van der Waals surface area contributed by atoms with Gasteiger partial charge in [-0.1, -0.05) is 0 Å². The van der Waals surface area contributed by atoms with Crippen molar-refractivity contribution in [2.45, 2.75) is 0 Å². The molecule has 0 spiro atoms. The highest BCUT2D eigenvalue weighted by Crippen LogP contribution is 2.18. The molecule has 3 aromatic heterocycles. The van der Waals surface area contributed by atoms with Crippen LogP contribution in [0.3, 0.4) is 0 Å². The van der Waals surface area contributed by atoms with E-state index in [-0.39, 0.29) is 17.6 Å². The summed E-state index contributed by atoms with van der Waals surface area (Å²) in [5.74, 6) is 1.32. The maximum absolute atomic E-state index is 12.5. The Bertz CT molecular complexity index is 833. The van der Waals surface area contributed by atoms with Gasteiger partial charge in [0.1, 0.15) is 12.1 Å². The molecular formula is C17H20N8O2. The van der Waals surface area contributed by atoms with Crippen LogP contribution in [0.25, 0.3) is 17.5 Å². The third-order valence-electron chi connectivity index (χ3n) is 4.31. The van der Waals surface area contributed by atoms with Crippen molar-refractivity contribution in [3.8, 4) is 17.5 Å². The molecule has 27 heavy (non-hydrogen) atoms. The Kier molecular flexibility index (Phi) is 4.90. The van der Waals surface area contributed by atoms with Gasteiger partial charge in [-0.05, 0) is 13.1 Å². The van der Waals surface area contributed by atoms with Gasteiger partial charge >= 0.3 is 0 Å². The zero-order chi connectivity index (χ0) is 18.6. The minimum atomic E-state index is -0.122. The van der Waals surface area contributed by atoms with Crippen LogP contribution >= 0.6 is 0 Å². The molecule has 1 amide bonds. The maximum Gasteiger partial charge on any atom is 0.264 e. The number of rotatable bonds is 5. The summed E-state index contributed by atoms with van der Waals surface area (Å²) in [6.45, 7) is 3.97. The fraction of sp³-hybridized carbons (Fsp3) is 0.353. The molecule has 0 aliphatic carbocycles. The third-order valence-corrected chi connectivity index (χ3v) is 4.31. The second-order valence-electron chi connectivity index (χ2n) is 6.35. The van der Waals surface area contributed by atoms with Gasteiger partial charge in [-0.25, -0.2) is 19.6 Å². The molecule has 10 heteroatoms. The van der Waals surface area contributed by atoms with Crippen LogP contribution in [-0.4, -0.2) is 80.2 Å². The number of amides is 1. The van der Waals surface area contributed by atoms with Gasteiger partial charge in [0.25, 0.3) is 5.89 Å². The van der Waals surface area contributed by atoms with Gasteiger partial charge in [-0.2, -0.15) is 5.10 Å². The predicted molar refractivity (Wildman–Crippen MR) is 97.2 cm³/mol. The zero-order valence-electron chi connectivity index (χ0n) is 14.9. The van der Waals surface area contributed by atoms with E-state index in [0.29, 0.717) is 18.2 Å². The minimum Gasteiger partial charge on any atom is -0.442 e. The lowest BCUT2D eigenvalue weighted by molar-refractivity contribution is -0.117. The largest absolute Gasteiger partial charge is 0.442 e. The van der Waals surface area contributed by atoms with Gasteiger partial charge in [-0.3, -0.25) is 9.69 Å². The molecule has 140 valence electrons. The van der Waals surface area contributed by atoms with E-state index in [1.165, 1.54) is 12.5 Å². The number of carbonyl (C=O) groups excluding carboxylic acids is 1. The normalized spacial score (nSPS) is 15.7. The zero-order valence-corrected chi connectivity index (χ0v) is 14.9. The van der Waals surface area contributed by atoms with Crippen molar-refractivity contribution in [3.63, 3.8) is 0 Å². The van der Waals surface area contributed by atoms with Crippen molar-refractivity contribution in [2.75, 3.05) is 45.1 Å². The molecule has 0 saturated carbocycles. The Hall–Kier alpha value is -3.11. The van der Waals surface area contributed by atoms with E-state index in [1.54, 1.807) is 29.2 Å². The molecule has 4 heterocycles. The lowest BCUT2D eigenvalue weighted by Crippen LogP contribution is -2.47. The molecule has 0 radical (unpaired) electrons. The second-order valence-corrected chi connectivity index (χ2v) is 6.35. The Morgan fingerprint density at radius 1 is 1.22 bits per heavy atom. The fourth-order valence-corrected chi connectivity index (χ4v) is 2.84. The molecule has 1 fully saturated rings. The number of likely N-dealkylation sites (N-methyl/N-ethyl adjacent to an activating group) is 1. The van der Waals surface area contributed by atoms with E-state index in [2.05, 4.69) is 42.2 Å². The Labute approximate surface area is 155 Å². The topological polar surface area (TPSA) is 105 Å². The molecule has 1 saturated heterocycles. The molecule has 0 bridgehead atoms. The highest BCUT2D eigenvalue weighted by Gasteiger charge is 2.18. The minimum absolute atomic E-state index is 0.122. The van der Waals surface area contributed by atoms with Gasteiger partial charge < -0.3 is 14.6 Å². The van der Waals surface area contributed by atoms with Crippen molar-refractivity contribution < 1.29 is 9.21 Å². The molecule has 1 aliphatic rings. The van der Waals surface area contributed by atoms with E-state index >= 15 is 0 Å². The first kappa shape index (κ1) is 17.3. The monoisotopic (exact) mass is 368 g/mol. The van der Waals surface area contributed by atoms with Gasteiger partial charge in [0.05, 0.1) is 12.7 Å². The first-order valence-electron chi connectivity index (χ1n) is 8.67. The fourth-order valence-electron chi connectivity index (χ4n) is 2.84. The number of anilines is 1. The number of hydrogen-bond donors (Lipinski definition) is 1. The molecule has 4 rings (SSSR count). The molecule has 0 atom stereocenters. The van der Waals surface area contributed by atoms with E-state index in [0.717, 1.165) is 26.2 Å². The van der Waals surface area contributed by atoms with Gasteiger partial charge in [0.15, 0.2) is 5.82 Å². The molecule has 0 aromatic carbocycles. The van der Waals surface area contributed by atoms with Crippen LogP contribution in [0.4, 0.5) is 5.82 Å². The molecular weight excluding hydrogens is 348 g/mol. The van der Waals surface area contributed by atoms with Crippen molar-refractivity contribution in [1.82, 2.24) is 34.5 Å². The van der Waals surface area contributed by atoms with Crippen LogP contribution in [0.1, 0.15) is 0 Å². The molecule has 1 N–H and O–H groups in total. The summed E-state index contributed by atoms with van der Waals surface area (Å²) >= 11 is 0. The van der Waals surface area contributed by atoms with Crippen LogP contribution in [0.15, 0.2) is 41.4 Å². The standard InChI is InChI=1S/C17H20N8O2/c1-23-6-8-24(9-7-23)12-15(26)20-13-11-14(25-5-2-3-19-25)22-16(21-13)17-18-4-10-27-17/h2-5,10-11H,6-9,12H2,1H3,(H,20,21,22,26). The third kappa shape index (κ3) is 4.18. The lowest BCUT2D eigenvalue weighted by Gasteiger charge is -2.31. The van der Waals surface area contributed by atoms with E-state index in [4.69, 9.17) is 4.42 Å². The van der Waals surface area contributed by atoms with Crippen molar-refractivity contribution >= 4 is 11.7 Å². The summed E-state index contributed by atoms with van der Waals surface area (Å²) in [7, 11) is 2.08. The highest BCUT2D eigenvalue weighted by molar-refractivity contribution is 5.91. The summed E-state index contributed by atoms with van der Waals surface area (Å²) in [5.41, 5.74) is 0. The van der Waals surface area contributed by atoms with E-state index in [1.807, 2.05) is 0 Å². The molecule has 10 nitrogen and oxygen atoms in total. The smallest absolute Gasteiger partial charge is 0.264 e. The number of piperazine rings is 1. The summed E-state index contributed by atoms with van der Waals surface area (Å²) in [6, 6.07) is 3.46. The van der Waals surface area contributed by atoms with Crippen LogP contribution in [0.5, 0.6) is 0 Å². The average Bonchev–Trinajstić information content (AvgIpc) is 3.37. The van der Waals surface area contributed by atoms with Crippen LogP contribution in [0, 0.1) is 0 Å². The first-order valence-corrected chi connectivity index (χ1v) is 8.67. The number of carbonyl (C=O) groups is 1. The number of aromatic nitrogens is 5. The summed E-state index contributed by atoms with van der Waals surface area (Å²) in [6.07, 6.45) is 6.38. The van der Waals surface area contributed by atoms with Crippen LogP contribution in [0.2, 0.25) is 0 Å². The first-order chi connectivity index (χ1) is 13.2. The van der Waals surface area contributed by atoms with Crippen LogP contribution in [-0.2, 0) is 4.79 Å².